The molecular weight excluding hydrogens is 404 g/mol. The fourth-order valence-electron chi connectivity index (χ4n) is 3.35. The van der Waals surface area contributed by atoms with Crippen molar-refractivity contribution in [1.82, 2.24) is 9.21 Å². The van der Waals surface area contributed by atoms with Gasteiger partial charge in [-0.15, -0.1) is 0 Å². The quantitative estimate of drug-likeness (QED) is 0.681. The van der Waals surface area contributed by atoms with E-state index in [0.717, 1.165) is 5.56 Å². The number of rotatable bonds is 5. The highest BCUT2D eigenvalue weighted by Gasteiger charge is 2.30. The first-order valence-corrected chi connectivity index (χ1v) is 11.3. The first-order valence-electron chi connectivity index (χ1n) is 9.82. The number of carbonyl (C=O) groups is 2. The molecule has 0 spiro atoms. The van der Waals surface area contributed by atoms with Gasteiger partial charge in [-0.3, -0.25) is 4.79 Å². The molecule has 1 fully saturated rings. The molecule has 1 amide bonds. The van der Waals surface area contributed by atoms with Crippen molar-refractivity contribution in [3.63, 3.8) is 0 Å². The highest BCUT2D eigenvalue weighted by Crippen LogP contribution is 2.22. The van der Waals surface area contributed by atoms with Crippen molar-refractivity contribution in [3.05, 3.63) is 65.2 Å². The van der Waals surface area contributed by atoms with Gasteiger partial charge in [0.25, 0.3) is 5.91 Å². The summed E-state index contributed by atoms with van der Waals surface area (Å²) in [4.78, 5) is 26.1. The van der Waals surface area contributed by atoms with Crippen molar-refractivity contribution in [2.45, 2.75) is 24.7 Å². The first-order chi connectivity index (χ1) is 14.2. The van der Waals surface area contributed by atoms with Gasteiger partial charge in [0.15, 0.2) is 0 Å². The standard InChI is InChI=1S/C22H26N2O5S/c1-16(2)17-8-10-20(11-9-17)30(27,28)24-14-12-23(13-15-24)21(25)18-4-6-19(7-5-18)22(26)29-3/h4-11,16H,12-15H2,1-3H3. The van der Waals surface area contributed by atoms with E-state index < -0.39 is 16.0 Å². The van der Waals surface area contributed by atoms with Crippen LogP contribution in [0.4, 0.5) is 0 Å². The van der Waals surface area contributed by atoms with E-state index in [2.05, 4.69) is 18.6 Å². The van der Waals surface area contributed by atoms with Gasteiger partial charge in [-0.2, -0.15) is 4.31 Å². The zero-order valence-corrected chi connectivity index (χ0v) is 18.2. The molecule has 0 radical (unpaired) electrons. The van der Waals surface area contributed by atoms with Crippen LogP contribution in [0, 0.1) is 0 Å². The summed E-state index contributed by atoms with van der Waals surface area (Å²) in [5.74, 6) is -0.322. The van der Waals surface area contributed by atoms with E-state index >= 15 is 0 Å². The third-order valence-electron chi connectivity index (χ3n) is 5.26. The minimum absolute atomic E-state index is 0.190. The molecule has 0 unspecified atom stereocenters. The Bertz CT molecular complexity index is 1010. The molecule has 1 aliphatic heterocycles. The lowest BCUT2D eigenvalue weighted by Crippen LogP contribution is -2.50. The fraction of sp³-hybridized carbons (Fsp3) is 0.364. The lowest BCUT2D eigenvalue weighted by Gasteiger charge is -2.34. The number of esters is 1. The van der Waals surface area contributed by atoms with Crippen LogP contribution < -0.4 is 0 Å². The zero-order chi connectivity index (χ0) is 21.9. The Labute approximate surface area is 177 Å². The van der Waals surface area contributed by atoms with Crippen molar-refractivity contribution >= 4 is 21.9 Å². The van der Waals surface area contributed by atoms with E-state index in [1.807, 2.05) is 12.1 Å². The van der Waals surface area contributed by atoms with E-state index in [1.165, 1.54) is 11.4 Å². The molecule has 1 aliphatic rings. The summed E-state index contributed by atoms with van der Waals surface area (Å²) in [6.45, 7) is 5.20. The van der Waals surface area contributed by atoms with E-state index in [1.54, 1.807) is 41.3 Å². The Morgan fingerprint density at radius 2 is 1.40 bits per heavy atom. The fourth-order valence-corrected chi connectivity index (χ4v) is 4.78. The molecule has 0 saturated carbocycles. The Balaban J connectivity index is 1.65. The molecule has 160 valence electrons. The molecular formula is C22H26N2O5S. The molecule has 30 heavy (non-hydrogen) atoms. The molecule has 0 N–H and O–H groups in total. The molecule has 2 aromatic rings. The second-order valence-corrected chi connectivity index (χ2v) is 9.43. The topological polar surface area (TPSA) is 84.0 Å². The number of benzene rings is 2. The number of ether oxygens (including phenoxy) is 1. The highest BCUT2D eigenvalue weighted by molar-refractivity contribution is 7.89. The molecule has 1 saturated heterocycles. The number of carbonyl (C=O) groups excluding carboxylic acids is 2. The second kappa shape index (κ2) is 8.97. The highest BCUT2D eigenvalue weighted by atomic mass is 32.2. The van der Waals surface area contributed by atoms with Gasteiger partial charge in [0, 0.05) is 31.7 Å². The third-order valence-corrected chi connectivity index (χ3v) is 7.18. The van der Waals surface area contributed by atoms with Crippen molar-refractivity contribution in [3.8, 4) is 0 Å². The Hall–Kier alpha value is -2.71. The van der Waals surface area contributed by atoms with Crippen LogP contribution in [0.15, 0.2) is 53.4 Å². The summed E-state index contributed by atoms with van der Waals surface area (Å²) in [6, 6.07) is 13.2. The normalized spacial score (nSPS) is 15.3. The number of hydrogen-bond donors (Lipinski definition) is 0. The second-order valence-electron chi connectivity index (χ2n) is 7.49. The van der Waals surface area contributed by atoms with Crippen LogP contribution in [0.1, 0.15) is 46.0 Å². The van der Waals surface area contributed by atoms with Crippen LogP contribution in [0.3, 0.4) is 0 Å². The Morgan fingerprint density at radius 3 is 1.90 bits per heavy atom. The molecule has 0 aliphatic carbocycles. The molecule has 8 heteroatoms. The van der Waals surface area contributed by atoms with E-state index in [4.69, 9.17) is 0 Å². The maximum absolute atomic E-state index is 12.9. The Kier molecular flexibility index (Phi) is 6.58. The van der Waals surface area contributed by atoms with Crippen molar-refractivity contribution in [2.75, 3.05) is 33.3 Å². The predicted octanol–water partition coefficient (Wildman–Crippen LogP) is 2.74. The maximum Gasteiger partial charge on any atom is 0.337 e. The van der Waals surface area contributed by atoms with E-state index in [-0.39, 0.29) is 23.9 Å². The molecule has 3 rings (SSSR count). The van der Waals surface area contributed by atoms with Crippen LogP contribution in [0.2, 0.25) is 0 Å². The number of methoxy groups -OCH3 is 1. The summed E-state index contributed by atoms with van der Waals surface area (Å²) < 4.78 is 31.9. The number of piperazine rings is 1. The first kappa shape index (κ1) is 22.0. The largest absolute Gasteiger partial charge is 0.465 e. The minimum atomic E-state index is -3.59. The van der Waals surface area contributed by atoms with Gasteiger partial charge in [0.2, 0.25) is 10.0 Å². The van der Waals surface area contributed by atoms with Gasteiger partial charge in [0.05, 0.1) is 17.6 Å². The smallest absolute Gasteiger partial charge is 0.337 e. The van der Waals surface area contributed by atoms with Crippen molar-refractivity contribution in [1.29, 1.82) is 0 Å². The van der Waals surface area contributed by atoms with E-state index in [0.29, 0.717) is 30.1 Å². The minimum Gasteiger partial charge on any atom is -0.465 e. The molecule has 1 heterocycles. The van der Waals surface area contributed by atoms with Crippen LogP contribution >= 0.6 is 0 Å². The molecule has 2 aromatic carbocycles. The number of sulfonamides is 1. The molecule has 0 aromatic heterocycles. The van der Waals surface area contributed by atoms with Crippen LogP contribution in [0.5, 0.6) is 0 Å². The van der Waals surface area contributed by atoms with Gasteiger partial charge in [-0.25, -0.2) is 13.2 Å². The van der Waals surface area contributed by atoms with Gasteiger partial charge in [0.1, 0.15) is 0 Å². The average molecular weight is 431 g/mol. The summed E-state index contributed by atoms with van der Waals surface area (Å²) in [7, 11) is -2.29. The van der Waals surface area contributed by atoms with Gasteiger partial charge in [-0.1, -0.05) is 26.0 Å². The molecule has 0 atom stereocenters. The predicted molar refractivity (Wildman–Crippen MR) is 113 cm³/mol. The summed E-state index contributed by atoms with van der Waals surface area (Å²) in [6.07, 6.45) is 0. The monoisotopic (exact) mass is 430 g/mol. The summed E-state index contributed by atoms with van der Waals surface area (Å²) >= 11 is 0. The van der Waals surface area contributed by atoms with E-state index in [9.17, 15) is 18.0 Å². The van der Waals surface area contributed by atoms with Crippen molar-refractivity contribution < 1.29 is 22.7 Å². The lowest BCUT2D eigenvalue weighted by molar-refractivity contribution is 0.0599. The van der Waals surface area contributed by atoms with Gasteiger partial charge in [-0.05, 0) is 47.9 Å². The summed E-state index contributed by atoms with van der Waals surface area (Å²) in [5.41, 5.74) is 1.90. The van der Waals surface area contributed by atoms with Crippen LogP contribution in [-0.4, -0.2) is 62.8 Å². The SMILES string of the molecule is COC(=O)c1ccc(C(=O)N2CCN(S(=O)(=O)c3ccc(C(C)C)cc3)CC2)cc1. The molecule has 0 bridgehead atoms. The third kappa shape index (κ3) is 4.55. The van der Waals surface area contributed by atoms with Crippen LogP contribution in [-0.2, 0) is 14.8 Å². The van der Waals surface area contributed by atoms with Crippen molar-refractivity contribution in [2.24, 2.45) is 0 Å². The number of hydrogen-bond acceptors (Lipinski definition) is 5. The number of amides is 1. The zero-order valence-electron chi connectivity index (χ0n) is 17.4. The maximum atomic E-state index is 12.9. The number of nitrogens with zero attached hydrogens (tertiary/aromatic N) is 2. The van der Waals surface area contributed by atoms with Crippen LogP contribution in [0.25, 0.3) is 0 Å². The summed E-state index contributed by atoms with van der Waals surface area (Å²) in [5, 5.41) is 0. The molecule has 7 nitrogen and oxygen atoms in total. The lowest BCUT2D eigenvalue weighted by atomic mass is 10.0. The van der Waals surface area contributed by atoms with Gasteiger partial charge < -0.3 is 9.64 Å². The Morgan fingerprint density at radius 1 is 0.867 bits per heavy atom. The average Bonchev–Trinajstić information content (AvgIpc) is 2.78. The van der Waals surface area contributed by atoms with Gasteiger partial charge >= 0.3 is 5.97 Å².